The zero-order chi connectivity index (χ0) is 23.9. The lowest BCUT2D eigenvalue weighted by atomic mass is 9.96. The molecular formula is C26H33N7O. The molecule has 2 heterocycles. The van der Waals surface area contributed by atoms with Crippen LogP contribution in [-0.4, -0.2) is 53.4 Å². The van der Waals surface area contributed by atoms with E-state index in [2.05, 4.69) is 35.0 Å². The summed E-state index contributed by atoms with van der Waals surface area (Å²) < 4.78 is 2.03. The number of benzene rings is 1. The maximum Gasteiger partial charge on any atom is 0.236 e. The second kappa shape index (κ2) is 10.9. The number of carbonyl (C=O) groups is 1. The van der Waals surface area contributed by atoms with E-state index in [0.717, 1.165) is 42.5 Å². The van der Waals surface area contributed by atoms with Gasteiger partial charge in [-0.1, -0.05) is 31.9 Å². The lowest BCUT2D eigenvalue weighted by Gasteiger charge is -2.36. The number of hydrogen-bond donors (Lipinski definition) is 2. The third-order valence-corrected chi connectivity index (χ3v) is 6.63. The Bertz CT molecular complexity index is 1130. The van der Waals surface area contributed by atoms with E-state index >= 15 is 0 Å². The Kier molecular flexibility index (Phi) is 7.53. The number of aliphatic imine (C=N–C) groups is 1. The highest BCUT2D eigenvalue weighted by molar-refractivity contribution is 6.04. The van der Waals surface area contributed by atoms with Gasteiger partial charge in [-0.3, -0.25) is 4.79 Å². The SMILES string of the molecule is C=C(/N=C(\C=C/N)n1ccc2c(N3CCN(C(=O)CC#N)CC3)cccc21)NC1CCCCC1. The summed E-state index contributed by atoms with van der Waals surface area (Å²) in [6, 6.07) is 10.7. The van der Waals surface area contributed by atoms with Gasteiger partial charge in [0.15, 0.2) is 0 Å². The predicted molar refractivity (Wildman–Crippen MR) is 136 cm³/mol. The van der Waals surface area contributed by atoms with Gasteiger partial charge in [0.2, 0.25) is 5.91 Å². The van der Waals surface area contributed by atoms with Crippen LogP contribution in [0.3, 0.4) is 0 Å². The van der Waals surface area contributed by atoms with E-state index in [-0.39, 0.29) is 12.3 Å². The first-order valence-electron chi connectivity index (χ1n) is 12.0. The molecule has 1 aliphatic carbocycles. The van der Waals surface area contributed by atoms with Gasteiger partial charge in [-0.25, -0.2) is 4.99 Å². The number of carbonyl (C=O) groups excluding carboxylic acids is 1. The van der Waals surface area contributed by atoms with E-state index in [1.54, 1.807) is 11.0 Å². The molecule has 0 bridgehead atoms. The molecule has 1 aromatic heterocycles. The van der Waals surface area contributed by atoms with Gasteiger partial charge in [0, 0.05) is 49.5 Å². The van der Waals surface area contributed by atoms with Gasteiger partial charge in [0.05, 0.1) is 11.6 Å². The van der Waals surface area contributed by atoms with Crippen molar-refractivity contribution in [1.29, 1.82) is 5.26 Å². The third-order valence-electron chi connectivity index (χ3n) is 6.63. The lowest BCUT2D eigenvalue weighted by Crippen LogP contribution is -2.48. The molecule has 4 rings (SSSR count). The molecule has 8 heteroatoms. The van der Waals surface area contributed by atoms with E-state index in [0.29, 0.717) is 30.8 Å². The summed E-state index contributed by atoms with van der Waals surface area (Å²) in [5.41, 5.74) is 7.91. The Morgan fingerprint density at radius 1 is 1.21 bits per heavy atom. The molecule has 2 aliphatic rings. The summed E-state index contributed by atoms with van der Waals surface area (Å²) in [4.78, 5) is 20.9. The van der Waals surface area contributed by atoms with Crippen molar-refractivity contribution in [3.05, 3.63) is 55.1 Å². The first-order valence-corrected chi connectivity index (χ1v) is 12.0. The first kappa shape index (κ1) is 23.4. The van der Waals surface area contributed by atoms with Gasteiger partial charge in [-0.15, -0.1) is 0 Å². The van der Waals surface area contributed by atoms with Crippen LogP contribution in [-0.2, 0) is 4.79 Å². The molecule has 1 aromatic carbocycles. The molecule has 0 spiro atoms. The van der Waals surface area contributed by atoms with E-state index in [9.17, 15) is 4.79 Å². The minimum atomic E-state index is -0.0944. The third kappa shape index (κ3) is 5.25. The van der Waals surface area contributed by atoms with Crippen LogP contribution in [0.25, 0.3) is 10.9 Å². The lowest BCUT2D eigenvalue weighted by molar-refractivity contribution is -0.130. The van der Waals surface area contributed by atoms with Crippen molar-refractivity contribution in [1.82, 2.24) is 14.8 Å². The van der Waals surface area contributed by atoms with Crippen molar-refractivity contribution in [3.63, 3.8) is 0 Å². The van der Waals surface area contributed by atoms with Crippen LogP contribution in [0.4, 0.5) is 5.69 Å². The molecule has 0 unspecified atom stereocenters. The molecule has 0 radical (unpaired) electrons. The first-order chi connectivity index (χ1) is 16.6. The molecule has 1 saturated heterocycles. The highest BCUT2D eigenvalue weighted by atomic mass is 16.2. The average molecular weight is 460 g/mol. The summed E-state index contributed by atoms with van der Waals surface area (Å²) in [6.45, 7) is 6.83. The summed E-state index contributed by atoms with van der Waals surface area (Å²) in [5, 5.41) is 13.4. The molecule has 0 atom stereocenters. The Hall–Kier alpha value is -3.73. The fourth-order valence-corrected chi connectivity index (χ4v) is 4.91. The van der Waals surface area contributed by atoms with E-state index in [1.807, 2.05) is 22.9 Å². The topological polar surface area (TPSA) is 103 Å². The minimum absolute atomic E-state index is 0.0594. The van der Waals surface area contributed by atoms with Crippen LogP contribution in [0.1, 0.15) is 38.5 Å². The van der Waals surface area contributed by atoms with E-state index < -0.39 is 0 Å². The molecule has 8 nitrogen and oxygen atoms in total. The van der Waals surface area contributed by atoms with Gasteiger partial charge in [-0.2, -0.15) is 5.26 Å². The number of aromatic nitrogens is 1. The van der Waals surface area contributed by atoms with E-state index in [1.165, 1.54) is 25.5 Å². The van der Waals surface area contributed by atoms with E-state index in [4.69, 9.17) is 16.0 Å². The number of hydrogen-bond acceptors (Lipinski definition) is 6. The molecule has 2 fully saturated rings. The fraction of sp³-hybridized carbons (Fsp3) is 0.423. The number of anilines is 1. The predicted octanol–water partition coefficient (Wildman–Crippen LogP) is 3.32. The quantitative estimate of drug-likeness (QED) is 0.510. The van der Waals surface area contributed by atoms with Crippen LogP contribution < -0.4 is 16.0 Å². The normalized spacial score (nSPS) is 17.8. The zero-order valence-electron chi connectivity index (χ0n) is 19.6. The number of nitrogens with zero attached hydrogens (tertiary/aromatic N) is 5. The van der Waals surface area contributed by atoms with Crippen LogP contribution in [0.15, 0.2) is 60.1 Å². The summed E-state index contributed by atoms with van der Waals surface area (Å²) in [6.07, 6.45) is 11.3. The van der Waals surface area contributed by atoms with Crippen molar-refractivity contribution in [2.24, 2.45) is 10.7 Å². The summed E-state index contributed by atoms with van der Waals surface area (Å²) in [7, 11) is 0. The number of amides is 1. The number of allylic oxidation sites excluding steroid dienone is 1. The van der Waals surface area contributed by atoms with Crippen LogP contribution in [0.5, 0.6) is 0 Å². The van der Waals surface area contributed by atoms with Gasteiger partial charge in [0.25, 0.3) is 0 Å². The maximum absolute atomic E-state index is 12.0. The van der Waals surface area contributed by atoms with Gasteiger partial charge in [0.1, 0.15) is 18.1 Å². The highest BCUT2D eigenvalue weighted by Gasteiger charge is 2.22. The number of nitrogens with one attached hydrogen (secondary N) is 1. The zero-order valence-corrected chi connectivity index (χ0v) is 19.6. The minimum Gasteiger partial charge on any atom is -0.404 e. The van der Waals surface area contributed by atoms with Crippen molar-refractivity contribution >= 4 is 28.3 Å². The molecule has 1 saturated carbocycles. The molecular weight excluding hydrogens is 426 g/mol. The Morgan fingerprint density at radius 2 is 1.97 bits per heavy atom. The molecule has 3 N–H and O–H groups in total. The number of nitrogens with two attached hydrogens (primary N) is 1. The Balaban J connectivity index is 1.54. The van der Waals surface area contributed by atoms with Crippen molar-refractivity contribution in [2.75, 3.05) is 31.1 Å². The smallest absolute Gasteiger partial charge is 0.236 e. The highest BCUT2D eigenvalue weighted by Crippen LogP contribution is 2.29. The fourth-order valence-electron chi connectivity index (χ4n) is 4.91. The number of rotatable bonds is 6. The second-order valence-corrected chi connectivity index (χ2v) is 8.85. The van der Waals surface area contributed by atoms with Gasteiger partial charge < -0.3 is 25.4 Å². The van der Waals surface area contributed by atoms with Crippen molar-refractivity contribution in [3.8, 4) is 6.07 Å². The monoisotopic (exact) mass is 459 g/mol. The molecule has 178 valence electrons. The largest absolute Gasteiger partial charge is 0.404 e. The average Bonchev–Trinajstić information content (AvgIpc) is 3.29. The summed E-state index contributed by atoms with van der Waals surface area (Å²) >= 11 is 0. The molecule has 34 heavy (non-hydrogen) atoms. The maximum atomic E-state index is 12.0. The standard InChI is InChI=1S/C26H33N7O/c1-20(29-21-6-3-2-4-7-21)30-25(10-13-27)33-15-12-22-23(8-5-9-24(22)33)31-16-18-32(19-17-31)26(34)11-14-28/h5,8-10,12-13,15,21,29H,1-4,6-7,11,16-19,27H2/b13-10-,30-25+. The number of piperazine rings is 1. The van der Waals surface area contributed by atoms with Crippen molar-refractivity contribution in [2.45, 2.75) is 44.6 Å². The van der Waals surface area contributed by atoms with Gasteiger partial charge >= 0.3 is 0 Å². The number of fused-ring (bicyclic) bond motifs is 1. The Morgan fingerprint density at radius 3 is 2.68 bits per heavy atom. The molecule has 2 aromatic rings. The number of nitriles is 1. The van der Waals surface area contributed by atoms with Crippen LogP contribution in [0, 0.1) is 11.3 Å². The molecule has 1 amide bonds. The molecule has 1 aliphatic heterocycles. The second-order valence-electron chi connectivity index (χ2n) is 8.85. The van der Waals surface area contributed by atoms with Crippen LogP contribution in [0.2, 0.25) is 0 Å². The summed E-state index contributed by atoms with van der Waals surface area (Å²) in [5.74, 6) is 1.26. The Labute approximate surface area is 201 Å². The van der Waals surface area contributed by atoms with Gasteiger partial charge in [-0.05, 0) is 43.3 Å². The van der Waals surface area contributed by atoms with Crippen molar-refractivity contribution < 1.29 is 4.79 Å². The van der Waals surface area contributed by atoms with Crippen LogP contribution >= 0.6 is 0 Å².